The standard InChI is InChI=1S/C6H16N4/c1-2-8-9-10-5-3-7-4-6-10/h7-9H,2-6H2,1H3. The molecule has 0 atom stereocenters. The Bertz CT molecular complexity index is 79.8. The van der Waals surface area contributed by atoms with Crippen LogP contribution in [0.25, 0.3) is 0 Å². The zero-order valence-corrected chi connectivity index (χ0v) is 6.48. The fourth-order valence-corrected chi connectivity index (χ4v) is 0.967. The summed E-state index contributed by atoms with van der Waals surface area (Å²) in [5.74, 6) is 0. The molecule has 0 amide bonds. The number of rotatable bonds is 3. The molecule has 4 nitrogen and oxygen atoms in total. The molecule has 0 radical (unpaired) electrons. The van der Waals surface area contributed by atoms with Crippen LogP contribution >= 0.6 is 0 Å². The van der Waals surface area contributed by atoms with E-state index in [9.17, 15) is 0 Å². The lowest BCUT2D eigenvalue weighted by molar-refractivity contribution is 0.135. The lowest BCUT2D eigenvalue weighted by atomic mass is 10.4. The third-order valence-electron chi connectivity index (χ3n) is 1.53. The van der Waals surface area contributed by atoms with Crippen molar-refractivity contribution in [2.24, 2.45) is 0 Å². The van der Waals surface area contributed by atoms with Gasteiger partial charge in [0.05, 0.1) is 0 Å². The van der Waals surface area contributed by atoms with Gasteiger partial charge in [-0.3, -0.25) is 0 Å². The van der Waals surface area contributed by atoms with Crippen LogP contribution in [0.4, 0.5) is 0 Å². The summed E-state index contributed by atoms with van der Waals surface area (Å²) in [4.78, 5) is 0. The molecule has 0 spiro atoms. The molecule has 60 valence electrons. The van der Waals surface area contributed by atoms with Crippen molar-refractivity contribution in [3.05, 3.63) is 0 Å². The Morgan fingerprint density at radius 2 is 2.10 bits per heavy atom. The second-order valence-corrected chi connectivity index (χ2v) is 2.38. The second-order valence-electron chi connectivity index (χ2n) is 2.38. The van der Waals surface area contributed by atoms with E-state index in [0.717, 1.165) is 32.7 Å². The van der Waals surface area contributed by atoms with Crippen molar-refractivity contribution in [1.82, 2.24) is 21.3 Å². The lowest BCUT2D eigenvalue weighted by Gasteiger charge is -2.27. The fraction of sp³-hybridized carbons (Fsp3) is 1.00. The minimum Gasteiger partial charge on any atom is -0.314 e. The molecular weight excluding hydrogens is 128 g/mol. The van der Waals surface area contributed by atoms with Gasteiger partial charge in [0.1, 0.15) is 0 Å². The maximum atomic E-state index is 3.28. The molecule has 0 aromatic heterocycles. The molecule has 1 aliphatic rings. The normalized spacial score (nSPS) is 21.3. The Hall–Kier alpha value is -0.160. The smallest absolute Gasteiger partial charge is 0.0270 e. The third kappa shape index (κ3) is 2.62. The summed E-state index contributed by atoms with van der Waals surface area (Å²) in [7, 11) is 0. The number of hydrogen-bond acceptors (Lipinski definition) is 4. The zero-order valence-electron chi connectivity index (χ0n) is 6.48. The molecular formula is C6H16N4. The van der Waals surface area contributed by atoms with E-state index in [4.69, 9.17) is 0 Å². The molecule has 1 fully saturated rings. The Balaban J connectivity index is 2.02. The van der Waals surface area contributed by atoms with Crippen LogP contribution in [-0.2, 0) is 0 Å². The van der Waals surface area contributed by atoms with Gasteiger partial charge in [-0.1, -0.05) is 6.92 Å². The Kier molecular flexibility index (Phi) is 3.67. The lowest BCUT2D eigenvalue weighted by Crippen LogP contribution is -2.54. The predicted octanol–water partition coefficient (Wildman–Crippen LogP) is -1.08. The second kappa shape index (κ2) is 4.62. The molecule has 0 aliphatic carbocycles. The Labute approximate surface area is 61.9 Å². The fourth-order valence-electron chi connectivity index (χ4n) is 0.967. The Morgan fingerprint density at radius 1 is 1.40 bits per heavy atom. The maximum absolute atomic E-state index is 3.28. The molecule has 0 unspecified atom stereocenters. The van der Waals surface area contributed by atoms with Crippen molar-refractivity contribution in [2.45, 2.75) is 6.92 Å². The molecule has 1 rings (SSSR count). The van der Waals surface area contributed by atoms with E-state index >= 15 is 0 Å². The summed E-state index contributed by atoms with van der Waals surface area (Å²) in [6.45, 7) is 7.36. The first-order valence-electron chi connectivity index (χ1n) is 3.87. The highest BCUT2D eigenvalue weighted by Crippen LogP contribution is 1.83. The van der Waals surface area contributed by atoms with Gasteiger partial charge >= 0.3 is 0 Å². The number of hydrogen-bond donors (Lipinski definition) is 3. The van der Waals surface area contributed by atoms with E-state index < -0.39 is 0 Å². The minimum atomic E-state index is 0.962. The molecule has 0 aromatic carbocycles. The highest BCUT2D eigenvalue weighted by molar-refractivity contribution is 4.62. The molecule has 10 heavy (non-hydrogen) atoms. The quantitative estimate of drug-likeness (QED) is 0.441. The van der Waals surface area contributed by atoms with Crippen LogP contribution in [0.2, 0.25) is 0 Å². The maximum Gasteiger partial charge on any atom is 0.0270 e. The van der Waals surface area contributed by atoms with E-state index in [1.165, 1.54) is 0 Å². The van der Waals surface area contributed by atoms with E-state index in [2.05, 4.69) is 28.2 Å². The molecule has 1 heterocycles. The minimum absolute atomic E-state index is 0.962. The van der Waals surface area contributed by atoms with Crippen LogP contribution < -0.4 is 16.3 Å². The predicted molar refractivity (Wildman–Crippen MR) is 41.3 cm³/mol. The number of hydrazine groups is 2. The zero-order chi connectivity index (χ0) is 7.23. The number of nitrogens with one attached hydrogen (secondary N) is 3. The van der Waals surface area contributed by atoms with Gasteiger partial charge in [-0.2, -0.15) is 5.53 Å². The molecule has 4 heteroatoms. The SMILES string of the molecule is CCNNN1CCNCC1. The number of piperazine rings is 1. The van der Waals surface area contributed by atoms with Crippen LogP contribution in [0.1, 0.15) is 6.92 Å². The van der Waals surface area contributed by atoms with Gasteiger partial charge in [-0.05, 0) is 0 Å². The molecule has 0 saturated carbocycles. The monoisotopic (exact) mass is 144 g/mol. The average molecular weight is 144 g/mol. The van der Waals surface area contributed by atoms with Gasteiger partial charge in [0.2, 0.25) is 0 Å². The van der Waals surface area contributed by atoms with Gasteiger partial charge in [-0.25, -0.2) is 10.4 Å². The van der Waals surface area contributed by atoms with E-state index in [1.807, 2.05) is 0 Å². The summed E-state index contributed by atoms with van der Waals surface area (Å²) < 4.78 is 0. The molecule has 1 aliphatic heterocycles. The van der Waals surface area contributed by atoms with Gasteiger partial charge in [0, 0.05) is 32.7 Å². The van der Waals surface area contributed by atoms with Gasteiger partial charge < -0.3 is 5.32 Å². The van der Waals surface area contributed by atoms with Crippen molar-refractivity contribution < 1.29 is 0 Å². The van der Waals surface area contributed by atoms with Crippen molar-refractivity contribution in [3.8, 4) is 0 Å². The van der Waals surface area contributed by atoms with Crippen LogP contribution in [0.5, 0.6) is 0 Å². The van der Waals surface area contributed by atoms with Crippen molar-refractivity contribution in [2.75, 3.05) is 32.7 Å². The van der Waals surface area contributed by atoms with Crippen molar-refractivity contribution in [3.63, 3.8) is 0 Å². The first-order chi connectivity index (χ1) is 4.93. The van der Waals surface area contributed by atoms with E-state index in [0.29, 0.717) is 0 Å². The van der Waals surface area contributed by atoms with Crippen molar-refractivity contribution >= 4 is 0 Å². The first-order valence-corrected chi connectivity index (χ1v) is 3.87. The average Bonchev–Trinajstić information content (AvgIpc) is 2.03. The highest BCUT2D eigenvalue weighted by atomic mass is 15.7. The van der Waals surface area contributed by atoms with Crippen molar-refractivity contribution in [1.29, 1.82) is 0 Å². The van der Waals surface area contributed by atoms with Gasteiger partial charge in [0.15, 0.2) is 0 Å². The first kappa shape index (κ1) is 7.94. The van der Waals surface area contributed by atoms with Crippen LogP contribution in [0, 0.1) is 0 Å². The van der Waals surface area contributed by atoms with Crippen LogP contribution in [-0.4, -0.2) is 37.7 Å². The number of nitrogens with zero attached hydrogens (tertiary/aromatic N) is 1. The molecule has 0 bridgehead atoms. The summed E-state index contributed by atoms with van der Waals surface area (Å²) in [6, 6.07) is 0. The summed E-state index contributed by atoms with van der Waals surface area (Å²) in [5.41, 5.74) is 6.18. The molecule has 1 saturated heterocycles. The summed E-state index contributed by atoms with van der Waals surface area (Å²) in [6.07, 6.45) is 0. The molecule has 0 aromatic rings. The largest absolute Gasteiger partial charge is 0.314 e. The van der Waals surface area contributed by atoms with Crippen LogP contribution in [0.3, 0.4) is 0 Å². The summed E-state index contributed by atoms with van der Waals surface area (Å²) >= 11 is 0. The van der Waals surface area contributed by atoms with Gasteiger partial charge in [0.25, 0.3) is 0 Å². The van der Waals surface area contributed by atoms with E-state index in [1.54, 1.807) is 0 Å². The topological polar surface area (TPSA) is 39.3 Å². The molecule has 3 N–H and O–H groups in total. The van der Waals surface area contributed by atoms with Crippen LogP contribution in [0.15, 0.2) is 0 Å². The highest BCUT2D eigenvalue weighted by Gasteiger charge is 2.06. The van der Waals surface area contributed by atoms with Gasteiger partial charge in [-0.15, -0.1) is 0 Å². The summed E-state index contributed by atoms with van der Waals surface area (Å²) in [5, 5.41) is 5.46. The third-order valence-corrected chi connectivity index (χ3v) is 1.53. The van der Waals surface area contributed by atoms with E-state index in [-0.39, 0.29) is 0 Å². The Morgan fingerprint density at radius 3 is 2.70 bits per heavy atom.